The molecule has 2 fully saturated rings. The number of hydrogen-bond acceptors (Lipinski definition) is 6. The van der Waals surface area contributed by atoms with Crippen molar-refractivity contribution in [2.24, 2.45) is 5.92 Å². The lowest BCUT2D eigenvalue weighted by molar-refractivity contribution is -0.122. The predicted molar refractivity (Wildman–Crippen MR) is 118 cm³/mol. The molecule has 0 radical (unpaired) electrons. The van der Waals surface area contributed by atoms with Gasteiger partial charge in [0.2, 0.25) is 5.91 Å². The number of urea groups is 1. The molecule has 32 heavy (non-hydrogen) atoms. The molecule has 1 aromatic rings. The Labute approximate surface area is 186 Å². The monoisotopic (exact) mass is 436 g/mol. The van der Waals surface area contributed by atoms with E-state index >= 15 is 0 Å². The molecule has 0 aromatic carbocycles. The second kappa shape index (κ2) is 7.72. The number of allylic oxidation sites excluding steroid dienone is 1. The Bertz CT molecular complexity index is 1020. The number of dihydropyridines is 1. The highest BCUT2D eigenvalue weighted by atomic mass is 16.5. The number of fused-ring (bicyclic) bond motifs is 4. The van der Waals surface area contributed by atoms with Gasteiger partial charge in [-0.3, -0.25) is 15.0 Å². The van der Waals surface area contributed by atoms with Crippen LogP contribution in [0.5, 0.6) is 5.75 Å². The zero-order chi connectivity index (χ0) is 21.7. The van der Waals surface area contributed by atoms with E-state index < -0.39 is 6.04 Å². The number of anilines is 1. The minimum atomic E-state index is -0.493. The number of carbonyl (C=O) groups is 2. The largest absolute Gasteiger partial charge is 0.489 e. The fourth-order valence-electron chi connectivity index (χ4n) is 4.97. The third kappa shape index (κ3) is 3.45. The van der Waals surface area contributed by atoms with Crippen LogP contribution in [0.15, 0.2) is 35.9 Å². The quantitative estimate of drug-likeness (QED) is 0.663. The molecule has 2 bridgehead atoms. The van der Waals surface area contributed by atoms with Crippen molar-refractivity contribution in [1.82, 2.24) is 25.4 Å². The molecule has 3 N–H and O–H groups in total. The summed E-state index contributed by atoms with van der Waals surface area (Å²) in [4.78, 5) is 34.6. The number of amides is 3. The molecular weight excluding hydrogens is 408 g/mol. The smallest absolute Gasteiger partial charge is 0.329 e. The van der Waals surface area contributed by atoms with Gasteiger partial charge in [0.15, 0.2) is 11.6 Å². The molecule has 6 rings (SSSR count). The molecule has 9 heteroatoms. The molecule has 2 atom stereocenters. The van der Waals surface area contributed by atoms with E-state index in [-0.39, 0.29) is 18.0 Å². The summed E-state index contributed by atoms with van der Waals surface area (Å²) in [6.07, 6.45) is 10.7. The van der Waals surface area contributed by atoms with Gasteiger partial charge in [-0.25, -0.2) is 9.78 Å². The topological polar surface area (TPSA) is 98.8 Å². The second-order valence-corrected chi connectivity index (χ2v) is 9.19. The van der Waals surface area contributed by atoms with Crippen LogP contribution in [-0.4, -0.2) is 65.0 Å². The van der Waals surface area contributed by atoms with Gasteiger partial charge in [-0.05, 0) is 55.7 Å². The Hall–Kier alpha value is -3.23. The van der Waals surface area contributed by atoms with Crippen LogP contribution in [-0.2, 0) is 11.2 Å². The molecule has 1 aliphatic carbocycles. The van der Waals surface area contributed by atoms with Gasteiger partial charge in [0.05, 0.1) is 18.3 Å². The average molecular weight is 437 g/mol. The van der Waals surface area contributed by atoms with E-state index in [1.165, 1.54) is 12.8 Å². The zero-order valence-corrected chi connectivity index (χ0v) is 18.0. The number of aryl methyl sites for hydroxylation is 1. The van der Waals surface area contributed by atoms with Gasteiger partial charge in [0, 0.05) is 25.8 Å². The maximum absolute atomic E-state index is 13.5. The van der Waals surface area contributed by atoms with Crippen LogP contribution in [0.2, 0.25) is 0 Å². The summed E-state index contributed by atoms with van der Waals surface area (Å²) in [6.45, 7) is 3.02. The van der Waals surface area contributed by atoms with E-state index in [1.807, 2.05) is 18.2 Å². The van der Waals surface area contributed by atoms with Crippen LogP contribution in [0.3, 0.4) is 0 Å². The van der Waals surface area contributed by atoms with Gasteiger partial charge < -0.3 is 20.3 Å². The van der Waals surface area contributed by atoms with E-state index in [1.54, 1.807) is 11.1 Å². The lowest BCUT2D eigenvalue weighted by Crippen LogP contribution is -2.56. The second-order valence-electron chi connectivity index (χ2n) is 9.19. The number of ether oxygens (including phenoxy) is 1. The van der Waals surface area contributed by atoms with Crippen LogP contribution in [0.1, 0.15) is 31.2 Å². The van der Waals surface area contributed by atoms with Crippen LogP contribution in [0.25, 0.3) is 0 Å². The molecule has 5 aliphatic rings. The van der Waals surface area contributed by atoms with Crippen molar-refractivity contribution in [1.29, 1.82) is 0 Å². The summed E-state index contributed by atoms with van der Waals surface area (Å²) in [5, 5.41) is 9.34. The summed E-state index contributed by atoms with van der Waals surface area (Å²) in [5.74, 6) is 2.38. The molecule has 1 saturated carbocycles. The standard InChI is InChI=1S/C23H28N6O3/c30-22(25-12-14-3-4-14)17-5-6-18-21(26-17)29(16-8-10-28(18)13-16)23(31)27-20-19-15(7-9-24-20)2-1-11-32-19/h5-7,9,14,16-17,26H,1-4,8,10-13H2,(H,25,30)(H,24,27,31)/t16-,17?/m0/s1. The minimum absolute atomic E-state index is 0.0448. The zero-order valence-electron chi connectivity index (χ0n) is 18.0. The third-order valence-electron chi connectivity index (χ3n) is 6.90. The SMILES string of the molecule is O=C(NCC1CC1)C1C=CC2=C(N1)N(C(=O)Nc1nccc3c1OCCC3)[C@H]1CCN2C1. The first kappa shape index (κ1) is 19.5. The van der Waals surface area contributed by atoms with Crippen LogP contribution in [0, 0.1) is 5.92 Å². The Kier molecular flexibility index (Phi) is 4.69. The molecule has 1 aromatic heterocycles. The summed E-state index contributed by atoms with van der Waals surface area (Å²) in [6, 6.07) is 1.24. The Morgan fingerprint density at radius 3 is 3.06 bits per heavy atom. The molecule has 4 aliphatic heterocycles. The van der Waals surface area contributed by atoms with Gasteiger partial charge >= 0.3 is 6.03 Å². The highest BCUT2D eigenvalue weighted by Gasteiger charge is 2.43. The van der Waals surface area contributed by atoms with E-state index in [2.05, 4.69) is 25.8 Å². The highest BCUT2D eigenvalue weighted by Crippen LogP contribution is 2.35. The molecule has 9 nitrogen and oxygen atoms in total. The number of pyridine rings is 1. The first-order chi connectivity index (χ1) is 15.7. The van der Waals surface area contributed by atoms with E-state index in [0.29, 0.717) is 29.9 Å². The molecule has 3 amide bonds. The number of rotatable bonds is 4. The molecular formula is C23H28N6O3. The normalized spacial score (nSPS) is 25.5. The van der Waals surface area contributed by atoms with Crippen LogP contribution < -0.4 is 20.7 Å². The summed E-state index contributed by atoms with van der Waals surface area (Å²) in [7, 11) is 0. The van der Waals surface area contributed by atoms with Crippen molar-refractivity contribution < 1.29 is 14.3 Å². The molecule has 1 saturated heterocycles. The number of aromatic nitrogens is 1. The van der Waals surface area contributed by atoms with Crippen molar-refractivity contribution in [3.05, 3.63) is 41.5 Å². The van der Waals surface area contributed by atoms with E-state index in [9.17, 15) is 9.59 Å². The Morgan fingerprint density at radius 2 is 2.19 bits per heavy atom. The maximum atomic E-state index is 13.5. The van der Waals surface area contributed by atoms with Crippen LogP contribution >= 0.6 is 0 Å². The van der Waals surface area contributed by atoms with Crippen molar-refractivity contribution in [3.8, 4) is 5.75 Å². The van der Waals surface area contributed by atoms with Crippen molar-refractivity contribution in [2.75, 3.05) is 31.6 Å². The number of hydrogen-bond donors (Lipinski definition) is 3. The summed E-state index contributed by atoms with van der Waals surface area (Å²) in [5.41, 5.74) is 2.03. The lowest BCUT2D eigenvalue weighted by Gasteiger charge is -2.40. The van der Waals surface area contributed by atoms with E-state index in [4.69, 9.17) is 4.74 Å². The number of carbonyl (C=O) groups excluding carboxylic acids is 2. The highest BCUT2D eigenvalue weighted by molar-refractivity contribution is 5.92. The van der Waals surface area contributed by atoms with Gasteiger partial charge in [-0.15, -0.1) is 0 Å². The molecule has 168 valence electrons. The number of nitrogens with zero attached hydrogens (tertiary/aromatic N) is 3. The molecule has 0 spiro atoms. The van der Waals surface area contributed by atoms with Gasteiger partial charge in [0.1, 0.15) is 11.9 Å². The fourth-order valence-corrected chi connectivity index (χ4v) is 4.97. The van der Waals surface area contributed by atoms with Crippen molar-refractivity contribution in [3.63, 3.8) is 0 Å². The fraction of sp³-hybridized carbons (Fsp3) is 0.522. The minimum Gasteiger partial charge on any atom is -0.489 e. The van der Waals surface area contributed by atoms with Gasteiger partial charge in [-0.2, -0.15) is 0 Å². The van der Waals surface area contributed by atoms with Gasteiger partial charge in [-0.1, -0.05) is 6.08 Å². The average Bonchev–Trinajstić information content (AvgIpc) is 3.57. The third-order valence-corrected chi connectivity index (χ3v) is 6.90. The maximum Gasteiger partial charge on any atom is 0.329 e. The molecule has 1 unspecified atom stereocenters. The number of nitrogens with one attached hydrogen (secondary N) is 3. The van der Waals surface area contributed by atoms with Gasteiger partial charge in [0.25, 0.3) is 0 Å². The first-order valence-corrected chi connectivity index (χ1v) is 11.6. The first-order valence-electron chi connectivity index (χ1n) is 11.6. The van der Waals surface area contributed by atoms with Crippen LogP contribution in [0.4, 0.5) is 10.6 Å². The predicted octanol–water partition coefficient (Wildman–Crippen LogP) is 1.55. The molecule has 5 heterocycles. The van der Waals surface area contributed by atoms with E-state index in [0.717, 1.165) is 50.2 Å². The van der Waals surface area contributed by atoms with Crippen molar-refractivity contribution in [2.45, 2.75) is 44.2 Å². The Balaban J connectivity index is 1.23. The Morgan fingerprint density at radius 1 is 1.28 bits per heavy atom. The summed E-state index contributed by atoms with van der Waals surface area (Å²) >= 11 is 0. The lowest BCUT2D eigenvalue weighted by atomic mass is 10.1. The summed E-state index contributed by atoms with van der Waals surface area (Å²) < 4.78 is 5.81. The van der Waals surface area contributed by atoms with Crippen molar-refractivity contribution >= 4 is 17.8 Å².